The Labute approximate surface area is 123 Å². The number of nitrogens with zero attached hydrogens (tertiary/aromatic N) is 1. The summed E-state index contributed by atoms with van der Waals surface area (Å²) in [6.07, 6.45) is 1.62. The van der Waals surface area contributed by atoms with Crippen molar-refractivity contribution in [3.63, 3.8) is 0 Å². The van der Waals surface area contributed by atoms with Crippen molar-refractivity contribution in [2.75, 3.05) is 7.11 Å². The van der Waals surface area contributed by atoms with Crippen LogP contribution in [-0.4, -0.2) is 29.0 Å². The third-order valence-corrected chi connectivity index (χ3v) is 3.77. The summed E-state index contributed by atoms with van der Waals surface area (Å²) in [5, 5.41) is 11.8. The minimum atomic E-state index is -1.06. The summed E-state index contributed by atoms with van der Waals surface area (Å²) < 4.78 is 5.60. The van der Waals surface area contributed by atoms with Gasteiger partial charge in [0.25, 0.3) is 0 Å². The average molecular weight is 341 g/mol. The molecule has 0 aliphatic heterocycles. The second kappa shape index (κ2) is 5.62. The van der Waals surface area contributed by atoms with Gasteiger partial charge in [0.15, 0.2) is 5.92 Å². The molecule has 2 unspecified atom stereocenters. The molecule has 0 aliphatic rings. The van der Waals surface area contributed by atoms with Crippen molar-refractivity contribution in [3.05, 3.63) is 44.5 Å². The molecular formula is C13H13BrN2O4. The number of aromatic amines is 1. The maximum absolute atomic E-state index is 11.9. The smallest absolute Gasteiger partial charge is 0.320 e. The number of carbonyl (C=O) groups is 1. The molecule has 1 heterocycles. The van der Waals surface area contributed by atoms with Gasteiger partial charge in [-0.3, -0.25) is 14.9 Å². The number of nitrogens with one attached hydrogen (secondary N) is 1. The Morgan fingerprint density at radius 2 is 2.20 bits per heavy atom. The van der Waals surface area contributed by atoms with Crippen LogP contribution in [0, 0.1) is 10.1 Å². The number of esters is 1. The topological polar surface area (TPSA) is 85.2 Å². The van der Waals surface area contributed by atoms with Gasteiger partial charge in [-0.15, -0.1) is 0 Å². The molecular weight excluding hydrogens is 328 g/mol. The lowest BCUT2D eigenvalue weighted by Gasteiger charge is -2.15. The molecule has 0 radical (unpaired) electrons. The Kier molecular flexibility index (Phi) is 4.08. The molecule has 0 aliphatic carbocycles. The monoisotopic (exact) mass is 340 g/mol. The quantitative estimate of drug-likeness (QED) is 0.526. The number of hydrogen-bond donors (Lipinski definition) is 1. The van der Waals surface area contributed by atoms with Gasteiger partial charge in [-0.05, 0) is 17.7 Å². The van der Waals surface area contributed by atoms with E-state index in [1.54, 1.807) is 6.20 Å². The fourth-order valence-electron chi connectivity index (χ4n) is 2.21. The Balaban J connectivity index is 2.56. The van der Waals surface area contributed by atoms with E-state index < -0.39 is 22.9 Å². The first-order valence-corrected chi connectivity index (χ1v) is 6.73. The summed E-state index contributed by atoms with van der Waals surface area (Å²) in [5.41, 5.74) is 1.38. The number of fused-ring (bicyclic) bond motifs is 1. The molecule has 7 heteroatoms. The minimum absolute atomic E-state index is 0.473. The zero-order valence-electron chi connectivity index (χ0n) is 10.9. The van der Waals surface area contributed by atoms with E-state index >= 15 is 0 Å². The largest absolute Gasteiger partial charge is 0.468 e. The Hall–Kier alpha value is -1.89. The van der Waals surface area contributed by atoms with E-state index in [4.69, 9.17) is 4.74 Å². The van der Waals surface area contributed by atoms with Crippen molar-refractivity contribution < 1.29 is 14.5 Å². The number of nitro groups is 1. The Morgan fingerprint density at radius 3 is 2.80 bits per heavy atom. The van der Waals surface area contributed by atoms with Crippen LogP contribution in [0.2, 0.25) is 0 Å². The van der Waals surface area contributed by atoms with Crippen molar-refractivity contribution >= 4 is 32.8 Å². The summed E-state index contributed by atoms with van der Waals surface area (Å²) >= 11 is 3.35. The predicted octanol–water partition coefficient (Wildman–Crippen LogP) is 2.85. The summed E-state index contributed by atoms with van der Waals surface area (Å²) in [4.78, 5) is 25.5. The van der Waals surface area contributed by atoms with Crippen LogP contribution in [0.4, 0.5) is 0 Å². The molecule has 1 N–H and O–H groups in total. The molecule has 0 spiro atoms. The first kappa shape index (κ1) is 14.5. The highest BCUT2D eigenvalue weighted by Crippen LogP contribution is 2.31. The third-order valence-electron chi connectivity index (χ3n) is 3.28. The number of halogens is 1. The van der Waals surface area contributed by atoms with E-state index in [0.29, 0.717) is 5.56 Å². The number of carbonyl (C=O) groups excluding carboxylic acids is 1. The molecule has 2 rings (SSSR count). The fraction of sp³-hybridized carbons (Fsp3) is 0.308. The minimum Gasteiger partial charge on any atom is -0.468 e. The van der Waals surface area contributed by atoms with Gasteiger partial charge in [0.2, 0.25) is 6.04 Å². The highest BCUT2D eigenvalue weighted by atomic mass is 79.9. The van der Waals surface area contributed by atoms with Gasteiger partial charge < -0.3 is 9.72 Å². The summed E-state index contributed by atoms with van der Waals surface area (Å²) in [6.45, 7) is 1.40. The van der Waals surface area contributed by atoms with E-state index in [-0.39, 0.29) is 0 Å². The van der Waals surface area contributed by atoms with Crippen molar-refractivity contribution in [2.45, 2.75) is 18.9 Å². The highest BCUT2D eigenvalue weighted by molar-refractivity contribution is 9.10. The van der Waals surface area contributed by atoms with E-state index in [9.17, 15) is 14.9 Å². The number of ether oxygens (including phenoxy) is 1. The zero-order chi connectivity index (χ0) is 14.9. The highest BCUT2D eigenvalue weighted by Gasteiger charge is 2.37. The molecule has 0 fully saturated rings. The molecule has 2 aromatic rings. The van der Waals surface area contributed by atoms with Gasteiger partial charge in [0.05, 0.1) is 7.11 Å². The second-order valence-corrected chi connectivity index (χ2v) is 5.38. The molecule has 6 nitrogen and oxygen atoms in total. The number of hydrogen-bond acceptors (Lipinski definition) is 4. The van der Waals surface area contributed by atoms with Crippen molar-refractivity contribution in [1.29, 1.82) is 0 Å². The van der Waals surface area contributed by atoms with Crippen LogP contribution in [0.15, 0.2) is 28.9 Å². The molecule has 1 aromatic carbocycles. The standard InChI is InChI=1S/C13H13BrN2O4/c1-7(16(18)19)12(13(17)20-2)10-6-15-11-5-8(14)3-4-9(10)11/h3-7,12,15H,1-2H3. The van der Waals surface area contributed by atoms with Gasteiger partial charge in [-0.2, -0.15) is 0 Å². The third kappa shape index (κ3) is 2.53. The van der Waals surface area contributed by atoms with E-state index in [1.165, 1.54) is 14.0 Å². The maximum atomic E-state index is 11.9. The van der Waals surface area contributed by atoms with Gasteiger partial charge in [0, 0.05) is 33.4 Å². The predicted molar refractivity (Wildman–Crippen MR) is 77.2 cm³/mol. The molecule has 0 saturated heterocycles. The van der Waals surface area contributed by atoms with E-state index in [0.717, 1.165) is 15.4 Å². The van der Waals surface area contributed by atoms with E-state index in [2.05, 4.69) is 20.9 Å². The fourth-order valence-corrected chi connectivity index (χ4v) is 2.57. The lowest BCUT2D eigenvalue weighted by Crippen LogP contribution is -2.31. The van der Waals surface area contributed by atoms with Crippen LogP contribution in [0.3, 0.4) is 0 Å². The second-order valence-electron chi connectivity index (χ2n) is 4.46. The Bertz CT molecular complexity index is 667. The first-order valence-electron chi connectivity index (χ1n) is 5.93. The van der Waals surface area contributed by atoms with Crippen molar-refractivity contribution in [2.24, 2.45) is 0 Å². The molecule has 106 valence electrons. The zero-order valence-corrected chi connectivity index (χ0v) is 12.5. The molecule has 2 atom stereocenters. The van der Waals surface area contributed by atoms with Crippen molar-refractivity contribution in [1.82, 2.24) is 4.98 Å². The number of rotatable bonds is 4. The summed E-state index contributed by atoms with van der Waals surface area (Å²) in [7, 11) is 1.23. The van der Waals surface area contributed by atoms with Crippen LogP contribution in [-0.2, 0) is 9.53 Å². The van der Waals surface area contributed by atoms with Crippen molar-refractivity contribution in [3.8, 4) is 0 Å². The number of methoxy groups -OCH3 is 1. The summed E-state index contributed by atoms with van der Waals surface area (Å²) in [5.74, 6) is -1.55. The number of benzene rings is 1. The van der Waals surface area contributed by atoms with Gasteiger partial charge in [-0.25, -0.2) is 0 Å². The van der Waals surface area contributed by atoms with Gasteiger partial charge in [0.1, 0.15) is 0 Å². The lowest BCUT2D eigenvalue weighted by atomic mass is 9.92. The normalized spacial score (nSPS) is 13.9. The number of aromatic nitrogens is 1. The molecule has 0 saturated carbocycles. The van der Waals surface area contributed by atoms with Gasteiger partial charge in [-0.1, -0.05) is 22.0 Å². The maximum Gasteiger partial charge on any atom is 0.320 e. The lowest BCUT2D eigenvalue weighted by molar-refractivity contribution is -0.520. The SMILES string of the molecule is COC(=O)C(c1c[nH]c2cc(Br)ccc12)C(C)[N+](=O)[O-]. The molecule has 20 heavy (non-hydrogen) atoms. The van der Waals surface area contributed by atoms with Gasteiger partial charge >= 0.3 is 5.97 Å². The van der Waals surface area contributed by atoms with E-state index in [1.807, 2.05) is 18.2 Å². The molecule has 0 amide bonds. The van der Waals surface area contributed by atoms with Crippen LogP contribution < -0.4 is 0 Å². The number of H-pyrrole nitrogens is 1. The van der Waals surface area contributed by atoms with Crippen LogP contribution in [0.1, 0.15) is 18.4 Å². The van der Waals surface area contributed by atoms with Crippen LogP contribution >= 0.6 is 15.9 Å². The molecule has 0 bridgehead atoms. The van der Waals surface area contributed by atoms with Crippen LogP contribution in [0.25, 0.3) is 10.9 Å². The average Bonchev–Trinajstić information content (AvgIpc) is 2.81. The first-order chi connectivity index (χ1) is 9.45. The Morgan fingerprint density at radius 1 is 1.50 bits per heavy atom. The molecule has 1 aromatic heterocycles. The summed E-state index contributed by atoms with van der Waals surface area (Å²) in [6, 6.07) is 4.42. The van der Waals surface area contributed by atoms with Crippen LogP contribution in [0.5, 0.6) is 0 Å².